The Bertz CT molecular complexity index is 2090. The van der Waals surface area contributed by atoms with Crippen molar-refractivity contribution in [1.29, 1.82) is 0 Å². The zero-order chi connectivity index (χ0) is 50.1. The van der Waals surface area contributed by atoms with Gasteiger partial charge in [-0.25, -0.2) is 0 Å². The Kier molecular flexibility index (Phi) is 35.6. The average Bonchev–Trinajstić information content (AvgIpc) is 3.43. The van der Waals surface area contributed by atoms with Crippen LogP contribution in [-0.2, 0) is 53.5 Å². The molecule has 0 radical (unpaired) electrons. The fraction of sp³-hybridized carbons (Fsp3) is 0.138. The summed E-state index contributed by atoms with van der Waals surface area (Å²) in [5.41, 5.74) is 31.4. The van der Waals surface area contributed by atoms with Gasteiger partial charge in [-0.2, -0.15) is 43.7 Å². The molecule has 0 bridgehead atoms. The van der Waals surface area contributed by atoms with Gasteiger partial charge < -0.3 is 64.3 Å². The second-order valence-corrected chi connectivity index (χ2v) is 16.2. The van der Waals surface area contributed by atoms with Crippen molar-refractivity contribution in [3.05, 3.63) is 243 Å². The van der Waals surface area contributed by atoms with Crippen molar-refractivity contribution >= 4 is 67.9 Å². The SMILES string of the molecule is NCCNCCN.NCCNCCN.O=C([O-])C(=O)[O-].[Ni+2].[Ni+2].[OH3+].[OH3+].c1ccc([B-](c2ccccc2)(c2ccccc2)c2ccccc2)cc1.c1ccc([B-](c2ccccc2)(c2ccccc2)c2ccccc2)cc1. The number of aliphatic carboxylic acids is 2. The largest absolute Gasteiger partial charge is 2.00 e. The zero-order valence-electron chi connectivity index (χ0n) is 41.6. The molecule has 0 fully saturated rings. The number of benzene rings is 8. The van der Waals surface area contributed by atoms with Gasteiger partial charge in [0.1, 0.15) is 12.3 Å². The number of carbonyl (C=O) groups excluding carboxylic acids is 2. The summed E-state index contributed by atoms with van der Waals surface area (Å²) in [4.78, 5) is 17.9. The first-order valence-corrected chi connectivity index (χ1v) is 23.7. The number of carboxylic acid groups (broad SMARTS) is 2. The van der Waals surface area contributed by atoms with Gasteiger partial charge in [0.25, 0.3) is 0 Å². The molecule has 16 heteroatoms. The second-order valence-electron chi connectivity index (χ2n) is 16.2. The molecule has 0 aliphatic rings. The summed E-state index contributed by atoms with van der Waals surface area (Å²) in [5.74, 6) is -4.37. The van der Waals surface area contributed by atoms with Crippen molar-refractivity contribution in [2.75, 3.05) is 52.4 Å². The van der Waals surface area contributed by atoms with E-state index in [4.69, 9.17) is 42.7 Å². The second kappa shape index (κ2) is 39.0. The smallest absolute Gasteiger partial charge is 0.543 e. The topological polar surface area (TPSA) is 274 Å². The molecule has 0 atom stereocenters. The first kappa shape index (κ1) is 67.5. The number of carbonyl (C=O) groups is 2. The predicted octanol–water partition coefficient (Wildman–Crippen LogP) is -2.25. The third kappa shape index (κ3) is 19.7. The number of nitrogens with two attached hydrogens (primary N) is 4. The standard InChI is InChI=1S/2C24H20B.2C4H13N3.C2H2O4.2Ni.2H2O/c2*1-5-13-21(14-6-1)25(22-15-7-2-8-16-22,23-17-9-3-10-18-23)24-19-11-4-12-20-24;2*5-1-3-7-4-2-6;3-1(4)2(5)6;;;;/h2*1-20H;2*7H,1-6H2;(H,3,4)(H,5,6);;;2*1H2/q2*-1;;;;2*+2;;. The maximum Gasteiger partial charge on any atom is 2.00 e. The van der Waals surface area contributed by atoms with Crippen molar-refractivity contribution in [2.45, 2.75) is 0 Å². The van der Waals surface area contributed by atoms with E-state index in [1.807, 2.05) is 0 Å². The monoisotopic (exact) mass is 1090 g/mol. The third-order valence-electron chi connectivity index (χ3n) is 11.8. The van der Waals surface area contributed by atoms with Gasteiger partial charge in [0.15, 0.2) is 0 Å². The van der Waals surface area contributed by atoms with Gasteiger partial charge in [-0.3, -0.25) is 0 Å². The molecule has 74 heavy (non-hydrogen) atoms. The number of hydrogen-bond acceptors (Lipinski definition) is 10. The van der Waals surface area contributed by atoms with E-state index in [2.05, 4.69) is 253 Å². The fourth-order valence-electron chi connectivity index (χ4n) is 8.90. The minimum atomic E-state index is -2.19. The maximum atomic E-state index is 8.93. The van der Waals surface area contributed by atoms with Crippen molar-refractivity contribution in [1.82, 2.24) is 10.6 Å². The molecule has 0 saturated heterocycles. The Labute approximate surface area is 457 Å². The molecular formula is C58H72B2N6Ni2O6+2. The zero-order valence-corrected chi connectivity index (χ0v) is 43.6. The van der Waals surface area contributed by atoms with E-state index in [1.54, 1.807) is 0 Å². The van der Waals surface area contributed by atoms with E-state index >= 15 is 0 Å². The minimum absolute atomic E-state index is 0. The molecular weight excluding hydrogens is 1020 g/mol. The van der Waals surface area contributed by atoms with Crippen molar-refractivity contribution in [3.63, 3.8) is 0 Å². The molecule has 0 heterocycles. The van der Waals surface area contributed by atoms with Gasteiger partial charge >= 0.3 is 33.0 Å². The van der Waals surface area contributed by atoms with Gasteiger partial charge in [0, 0.05) is 52.4 Å². The molecule has 8 rings (SSSR count). The van der Waals surface area contributed by atoms with Gasteiger partial charge in [0.2, 0.25) is 0 Å². The van der Waals surface area contributed by atoms with Gasteiger partial charge in [-0.15, -0.1) is 0 Å². The number of carboxylic acids is 2. The van der Waals surface area contributed by atoms with Gasteiger partial charge in [0.05, 0.1) is 11.9 Å². The van der Waals surface area contributed by atoms with Crippen LogP contribution in [0.1, 0.15) is 0 Å². The molecule has 0 spiro atoms. The third-order valence-corrected chi connectivity index (χ3v) is 11.8. The molecule has 0 aromatic heterocycles. The molecule has 8 aromatic rings. The Morgan fingerprint density at radius 1 is 0.297 bits per heavy atom. The Morgan fingerprint density at radius 2 is 0.419 bits per heavy atom. The molecule has 0 amide bonds. The summed E-state index contributed by atoms with van der Waals surface area (Å²) in [6.07, 6.45) is -2.43. The maximum absolute atomic E-state index is 8.93. The van der Waals surface area contributed by atoms with Crippen LogP contribution >= 0.6 is 0 Å². The molecule has 0 saturated carbocycles. The van der Waals surface area contributed by atoms with Crippen molar-refractivity contribution in [2.24, 2.45) is 22.9 Å². The van der Waals surface area contributed by atoms with Crippen LogP contribution in [0.2, 0.25) is 0 Å². The summed E-state index contributed by atoms with van der Waals surface area (Å²) in [6, 6.07) is 87.1. The van der Waals surface area contributed by atoms with E-state index < -0.39 is 24.2 Å². The number of hydrogen-bond donors (Lipinski definition) is 6. The Balaban J connectivity index is 0.00000102. The van der Waals surface area contributed by atoms with Gasteiger partial charge in [-0.1, -0.05) is 243 Å². The Hall–Kier alpha value is -6.50. The number of rotatable bonds is 16. The predicted molar refractivity (Wildman–Crippen MR) is 302 cm³/mol. The van der Waals surface area contributed by atoms with Crippen LogP contribution in [0, 0.1) is 0 Å². The minimum Gasteiger partial charge on any atom is -0.543 e. The molecule has 0 aliphatic carbocycles. The quantitative estimate of drug-likeness (QED) is 0.0262. The molecule has 0 aliphatic heterocycles. The molecule has 12 nitrogen and oxygen atoms in total. The summed E-state index contributed by atoms with van der Waals surface area (Å²) >= 11 is 0. The van der Waals surface area contributed by atoms with Crippen LogP contribution in [0.15, 0.2) is 243 Å². The van der Waals surface area contributed by atoms with E-state index in [0.717, 1.165) is 26.2 Å². The summed E-state index contributed by atoms with van der Waals surface area (Å²) in [7, 11) is 0. The normalized spacial score (nSPS) is 9.95. The average molecular weight is 1090 g/mol. The van der Waals surface area contributed by atoms with E-state index in [1.165, 1.54) is 43.7 Å². The van der Waals surface area contributed by atoms with Crippen LogP contribution < -0.4 is 87.5 Å². The van der Waals surface area contributed by atoms with Crippen LogP contribution in [0.5, 0.6) is 0 Å². The first-order chi connectivity index (χ1) is 34.3. The summed E-state index contributed by atoms with van der Waals surface area (Å²) < 4.78 is 0. The van der Waals surface area contributed by atoms with E-state index in [9.17, 15) is 0 Å². The van der Waals surface area contributed by atoms with Gasteiger partial charge in [-0.05, 0) is 0 Å². The molecule has 16 N–H and O–H groups in total. The van der Waals surface area contributed by atoms with Crippen LogP contribution in [-0.4, -0.2) is 76.6 Å². The fourth-order valence-corrected chi connectivity index (χ4v) is 8.90. The number of nitrogens with one attached hydrogen (secondary N) is 2. The Morgan fingerprint density at radius 3 is 0.514 bits per heavy atom. The summed E-state index contributed by atoms with van der Waals surface area (Å²) in [6.45, 7) is 6.27. The molecule has 394 valence electrons. The van der Waals surface area contributed by atoms with E-state index in [0.29, 0.717) is 26.2 Å². The van der Waals surface area contributed by atoms with E-state index in [-0.39, 0.29) is 43.9 Å². The van der Waals surface area contributed by atoms with Crippen LogP contribution in [0.3, 0.4) is 0 Å². The van der Waals surface area contributed by atoms with Crippen molar-refractivity contribution < 1.29 is 63.7 Å². The molecule has 8 aromatic carbocycles. The summed E-state index contributed by atoms with van der Waals surface area (Å²) in [5, 5.41) is 23.9. The van der Waals surface area contributed by atoms with Crippen LogP contribution in [0.4, 0.5) is 0 Å². The first-order valence-electron chi connectivity index (χ1n) is 23.7. The van der Waals surface area contributed by atoms with Crippen molar-refractivity contribution in [3.8, 4) is 0 Å². The molecule has 0 unspecified atom stereocenters. The van der Waals surface area contributed by atoms with Crippen LogP contribution in [0.25, 0.3) is 0 Å².